The predicted molar refractivity (Wildman–Crippen MR) is 82.4 cm³/mol. The molecule has 0 amide bonds. The van der Waals surface area contributed by atoms with Gasteiger partial charge in [0.2, 0.25) is 0 Å². The van der Waals surface area contributed by atoms with E-state index in [1.165, 1.54) is 0 Å². The van der Waals surface area contributed by atoms with E-state index in [0.717, 1.165) is 33.6 Å². The van der Waals surface area contributed by atoms with E-state index in [0.29, 0.717) is 0 Å². The van der Waals surface area contributed by atoms with Crippen molar-refractivity contribution in [3.05, 3.63) is 42.7 Å². The first-order valence-electron chi connectivity index (χ1n) is 6.48. The molecule has 0 aliphatic carbocycles. The van der Waals surface area contributed by atoms with Crippen LogP contribution in [0.2, 0.25) is 0 Å². The first-order chi connectivity index (χ1) is 9.69. The summed E-state index contributed by atoms with van der Waals surface area (Å²) in [6.07, 6.45) is 3.78. The molecule has 0 bridgehead atoms. The SMILES string of the molecule is COc1cc(-c2cnc3[nH]ccc3c2)ccc1N(C)C. The number of methoxy groups -OCH3 is 1. The molecular weight excluding hydrogens is 250 g/mol. The molecule has 2 heterocycles. The number of aromatic amines is 1. The summed E-state index contributed by atoms with van der Waals surface area (Å²) in [5, 5.41) is 1.11. The Hall–Kier alpha value is -2.49. The molecule has 0 saturated carbocycles. The monoisotopic (exact) mass is 267 g/mol. The summed E-state index contributed by atoms with van der Waals surface area (Å²) in [6, 6.07) is 10.4. The van der Waals surface area contributed by atoms with Crippen molar-refractivity contribution in [1.82, 2.24) is 9.97 Å². The summed E-state index contributed by atoms with van der Waals surface area (Å²) < 4.78 is 5.47. The number of fused-ring (bicyclic) bond motifs is 1. The van der Waals surface area contributed by atoms with E-state index in [4.69, 9.17) is 4.74 Å². The lowest BCUT2D eigenvalue weighted by Gasteiger charge is -2.17. The van der Waals surface area contributed by atoms with E-state index in [1.807, 2.05) is 43.5 Å². The van der Waals surface area contributed by atoms with Gasteiger partial charge in [-0.05, 0) is 29.8 Å². The van der Waals surface area contributed by atoms with Gasteiger partial charge in [0.15, 0.2) is 0 Å². The number of aromatic nitrogens is 2. The third-order valence-corrected chi connectivity index (χ3v) is 3.39. The number of rotatable bonds is 3. The summed E-state index contributed by atoms with van der Waals surface area (Å²) in [4.78, 5) is 9.56. The lowest BCUT2D eigenvalue weighted by molar-refractivity contribution is 0.415. The van der Waals surface area contributed by atoms with Gasteiger partial charge in [-0.3, -0.25) is 0 Å². The van der Waals surface area contributed by atoms with Crippen LogP contribution in [0.5, 0.6) is 5.75 Å². The molecule has 1 aromatic carbocycles. The molecule has 0 unspecified atom stereocenters. The quantitative estimate of drug-likeness (QED) is 0.791. The van der Waals surface area contributed by atoms with E-state index in [-0.39, 0.29) is 0 Å². The summed E-state index contributed by atoms with van der Waals surface area (Å²) in [6.45, 7) is 0. The Balaban J connectivity index is 2.09. The third kappa shape index (κ3) is 2.09. The topological polar surface area (TPSA) is 41.1 Å². The van der Waals surface area contributed by atoms with Gasteiger partial charge in [0.05, 0.1) is 12.8 Å². The van der Waals surface area contributed by atoms with Crippen LogP contribution in [-0.4, -0.2) is 31.2 Å². The molecule has 3 aromatic rings. The van der Waals surface area contributed by atoms with Gasteiger partial charge in [-0.1, -0.05) is 6.07 Å². The summed E-state index contributed by atoms with van der Waals surface area (Å²) in [7, 11) is 5.70. The van der Waals surface area contributed by atoms with Crippen molar-refractivity contribution in [2.24, 2.45) is 0 Å². The molecule has 0 atom stereocenters. The highest BCUT2D eigenvalue weighted by Gasteiger charge is 2.08. The normalized spacial score (nSPS) is 10.8. The van der Waals surface area contributed by atoms with Crippen molar-refractivity contribution < 1.29 is 4.74 Å². The van der Waals surface area contributed by atoms with E-state index in [2.05, 4.69) is 28.2 Å². The van der Waals surface area contributed by atoms with Crippen LogP contribution < -0.4 is 9.64 Å². The molecule has 0 saturated heterocycles. The van der Waals surface area contributed by atoms with Gasteiger partial charge in [0, 0.05) is 37.4 Å². The maximum Gasteiger partial charge on any atom is 0.142 e. The van der Waals surface area contributed by atoms with Crippen LogP contribution in [0.3, 0.4) is 0 Å². The predicted octanol–water partition coefficient (Wildman–Crippen LogP) is 3.30. The van der Waals surface area contributed by atoms with Gasteiger partial charge < -0.3 is 14.6 Å². The van der Waals surface area contributed by atoms with Crippen molar-refractivity contribution in [2.45, 2.75) is 0 Å². The molecule has 20 heavy (non-hydrogen) atoms. The molecule has 3 rings (SSSR count). The van der Waals surface area contributed by atoms with Crippen LogP contribution in [0.1, 0.15) is 0 Å². The van der Waals surface area contributed by atoms with Crippen LogP contribution in [0.25, 0.3) is 22.2 Å². The molecule has 0 radical (unpaired) electrons. The zero-order chi connectivity index (χ0) is 14.1. The number of nitrogens with zero attached hydrogens (tertiary/aromatic N) is 2. The highest BCUT2D eigenvalue weighted by Crippen LogP contribution is 2.32. The maximum absolute atomic E-state index is 5.47. The Morgan fingerprint density at radius 1 is 1.10 bits per heavy atom. The lowest BCUT2D eigenvalue weighted by atomic mass is 10.1. The minimum atomic E-state index is 0.863. The van der Waals surface area contributed by atoms with Gasteiger partial charge in [-0.25, -0.2) is 4.98 Å². The minimum absolute atomic E-state index is 0.863. The molecule has 102 valence electrons. The fraction of sp³-hybridized carbons (Fsp3) is 0.188. The van der Waals surface area contributed by atoms with Crippen LogP contribution in [-0.2, 0) is 0 Å². The third-order valence-electron chi connectivity index (χ3n) is 3.39. The molecule has 4 nitrogen and oxygen atoms in total. The number of hydrogen-bond donors (Lipinski definition) is 1. The van der Waals surface area contributed by atoms with Crippen molar-refractivity contribution in [1.29, 1.82) is 0 Å². The van der Waals surface area contributed by atoms with Crippen molar-refractivity contribution in [3.8, 4) is 16.9 Å². The number of H-pyrrole nitrogens is 1. The first kappa shape index (κ1) is 12.5. The second kappa shape index (κ2) is 4.89. The highest BCUT2D eigenvalue weighted by molar-refractivity contribution is 5.82. The van der Waals surface area contributed by atoms with E-state index in [9.17, 15) is 0 Å². The number of hydrogen-bond acceptors (Lipinski definition) is 3. The van der Waals surface area contributed by atoms with Crippen molar-refractivity contribution in [2.75, 3.05) is 26.1 Å². The molecule has 0 aliphatic rings. The second-order valence-corrected chi connectivity index (χ2v) is 4.92. The smallest absolute Gasteiger partial charge is 0.142 e. The number of pyridine rings is 1. The zero-order valence-electron chi connectivity index (χ0n) is 11.8. The zero-order valence-corrected chi connectivity index (χ0v) is 11.8. The highest BCUT2D eigenvalue weighted by atomic mass is 16.5. The van der Waals surface area contributed by atoms with Crippen LogP contribution >= 0.6 is 0 Å². The summed E-state index contributed by atoms with van der Waals surface area (Å²) >= 11 is 0. The average molecular weight is 267 g/mol. The molecule has 2 aromatic heterocycles. The molecule has 1 N–H and O–H groups in total. The Morgan fingerprint density at radius 3 is 2.70 bits per heavy atom. The van der Waals surface area contributed by atoms with Gasteiger partial charge in [-0.2, -0.15) is 0 Å². The Bertz CT molecular complexity index is 746. The van der Waals surface area contributed by atoms with Crippen molar-refractivity contribution >= 4 is 16.7 Å². The van der Waals surface area contributed by atoms with Crippen LogP contribution in [0, 0.1) is 0 Å². The average Bonchev–Trinajstić information content (AvgIpc) is 2.93. The second-order valence-electron chi connectivity index (χ2n) is 4.92. The molecule has 0 fully saturated rings. The number of nitrogens with one attached hydrogen (secondary N) is 1. The van der Waals surface area contributed by atoms with Gasteiger partial charge in [0.25, 0.3) is 0 Å². The summed E-state index contributed by atoms with van der Waals surface area (Å²) in [5.41, 5.74) is 4.15. The number of ether oxygens (including phenoxy) is 1. The number of benzene rings is 1. The Morgan fingerprint density at radius 2 is 1.95 bits per heavy atom. The Kier molecular flexibility index (Phi) is 3.06. The standard InChI is InChI=1S/C16H17N3O/c1-19(2)14-5-4-11(9-15(14)20-3)13-8-12-6-7-17-16(12)18-10-13/h4-10H,1-3H3,(H,17,18). The van der Waals surface area contributed by atoms with Gasteiger partial charge in [-0.15, -0.1) is 0 Å². The molecule has 0 spiro atoms. The fourth-order valence-electron chi connectivity index (χ4n) is 2.32. The summed E-state index contributed by atoms with van der Waals surface area (Å²) in [5.74, 6) is 0.863. The van der Waals surface area contributed by atoms with E-state index < -0.39 is 0 Å². The van der Waals surface area contributed by atoms with Gasteiger partial charge in [0.1, 0.15) is 11.4 Å². The molecule has 0 aliphatic heterocycles. The minimum Gasteiger partial charge on any atom is -0.495 e. The van der Waals surface area contributed by atoms with Gasteiger partial charge >= 0.3 is 0 Å². The molecule has 4 heteroatoms. The van der Waals surface area contributed by atoms with Crippen LogP contribution in [0.4, 0.5) is 5.69 Å². The molecular formula is C16H17N3O. The van der Waals surface area contributed by atoms with E-state index >= 15 is 0 Å². The first-order valence-corrected chi connectivity index (χ1v) is 6.48. The van der Waals surface area contributed by atoms with Crippen LogP contribution in [0.15, 0.2) is 42.7 Å². The Labute approximate surface area is 118 Å². The van der Waals surface area contributed by atoms with Crippen molar-refractivity contribution in [3.63, 3.8) is 0 Å². The lowest BCUT2D eigenvalue weighted by Crippen LogP contribution is -2.09. The number of anilines is 1. The maximum atomic E-state index is 5.47. The van der Waals surface area contributed by atoms with E-state index in [1.54, 1.807) is 7.11 Å². The fourth-order valence-corrected chi connectivity index (χ4v) is 2.32. The largest absolute Gasteiger partial charge is 0.495 e.